The fourth-order valence-corrected chi connectivity index (χ4v) is 3.09. The van der Waals surface area contributed by atoms with E-state index in [9.17, 15) is 0 Å². The van der Waals surface area contributed by atoms with E-state index >= 15 is 0 Å². The highest BCUT2D eigenvalue weighted by molar-refractivity contribution is 7.99. The van der Waals surface area contributed by atoms with Gasteiger partial charge in [0.25, 0.3) is 0 Å². The highest BCUT2D eigenvalue weighted by atomic mass is 32.2. The summed E-state index contributed by atoms with van der Waals surface area (Å²) in [6, 6.07) is 0.626. The molecule has 0 bridgehead atoms. The molecule has 1 aromatic heterocycles. The number of aliphatic imine (C=N–C) groups is 1. The molecule has 0 spiro atoms. The van der Waals surface area contributed by atoms with Crippen molar-refractivity contribution in [3.8, 4) is 0 Å². The Labute approximate surface area is 111 Å². The van der Waals surface area contributed by atoms with Crippen molar-refractivity contribution in [2.45, 2.75) is 37.0 Å². The smallest absolute Gasteiger partial charge is 0.191 e. The molecule has 2 N–H and O–H groups in total. The lowest BCUT2D eigenvalue weighted by Gasteiger charge is -2.16. The van der Waals surface area contributed by atoms with Gasteiger partial charge < -0.3 is 15.2 Å². The molecule has 0 amide bonds. The van der Waals surface area contributed by atoms with E-state index in [2.05, 4.69) is 25.6 Å². The number of guanidine groups is 1. The summed E-state index contributed by atoms with van der Waals surface area (Å²) in [6.45, 7) is 1.81. The molecule has 1 saturated carbocycles. The molecule has 1 aliphatic heterocycles. The van der Waals surface area contributed by atoms with Crippen LogP contribution in [0, 0.1) is 0 Å². The largest absolute Gasteiger partial charge is 0.370 e. The molecule has 6 heteroatoms. The fourth-order valence-electron chi connectivity index (χ4n) is 2.13. The van der Waals surface area contributed by atoms with Crippen LogP contribution in [-0.4, -0.2) is 45.8 Å². The van der Waals surface area contributed by atoms with Crippen LogP contribution in [0.4, 0.5) is 0 Å². The predicted octanol–water partition coefficient (Wildman–Crippen LogP) is 0.940. The second-order valence-corrected chi connectivity index (χ2v) is 5.95. The van der Waals surface area contributed by atoms with Gasteiger partial charge in [-0.15, -0.1) is 0 Å². The van der Waals surface area contributed by atoms with E-state index in [-0.39, 0.29) is 0 Å². The zero-order valence-electron chi connectivity index (χ0n) is 10.7. The van der Waals surface area contributed by atoms with Crippen molar-refractivity contribution in [1.29, 1.82) is 0 Å². The van der Waals surface area contributed by atoms with Gasteiger partial charge in [0, 0.05) is 44.5 Å². The van der Waals surface area contributed by atoms with Gasteiger partial charge in [0.05, 0.1) is 5.69 Å². The van der Waals surface area contributed by atoms with E-state index in [1.54, 1.807) is 0 Å². The molecule has 3 rings (SSSR count). The number of thioether (sulfide) groups is 1. The van der Waals surface area contributed by atoms with Crippen LogP contribution in [0.3, 0.4) is 0 Å². The molecule has 18 heavy (non-hydrogen) atoms. The molecule has 0 aromatic carbocycles. The lowest BCUT2D eigenvalue weighted by Crippen LogP contribution is -2.35. The fraction of sp³-hybridized carbons (Fsp3) is 0.667. The second kappa shape index (κ2) is 4.84. The second-order valence-electron chi connectivity index (χ2n) is 4.89. The molecule has 0 radical (unpaired) electrons. The van der Waals surface area contributed by atoms with Gasteiger partial charge in [-0.25, -0.2) is 4.98 Å². The van der Waals surface area contributed by atoms with Crippen molar-refractivity contribution in [1.82, 2.24) is 14.5 Å². The zero-order chi connectivity index (χ0) is 12.5. The van der Waals surface area contributed by atoms with Crippen LogP contribution >= 0.6 is 11.8 Å². The Kier molecular flexibility index (Phi) is 3.20. The van der Waals surface area contributed by atoms with Gasteiger partial charge in [0.15, 0.2) is 11.1 Å². The number of nitrogens with two attached hydrogens (primary N) is 1. The Bertz CT molecular complexity index is 442. The van der Waals surface area contributed by atoms with E-state index in [0.29, 0.717) is 12.0 Å². The van der Waals surface area contributed by atoms with E-state index in [1.807, 2.05) is 18.8 Å². The average Bonchev–Trinajstić information content (AvgIpc) is 2.99. The zero-order valence-corrected chi connectivity index (χ0v) is 11.5. The Morgan fingerprint density at radius 1 is 1.67 bits per heavy atom. The van der Waals surface area contributed by atoms with Gasteiger partial charge in [-0.1, -0.05) is 11.8 Å². The van der Waals surface area contributed by atoms with Crippen LogP contribution < -0.4 is 5.73 Å². The Morgan fingerprint density at radius 2 is 2.50 bits per heavy atom. The predicted molar refractivity (Wildman–Crippen MR) is 73.9 cm³/mol. The first kappa shape index (κ1) is 11.9. The molecule has 0 saturated heterocycles. The molecule has 2 heterocycles. The highest BCUT2D eigenvalue weighted by Crippen LogP contribution is 2.25. The number of rotatable bonds is 4. The molecule has 1 fully saturated rings. The third-order valence-electron chi connectivity index (χ3n) is 3.45. The lowest BCUT2D eigenvalue weighted by atomic mass is 10.3. The summed E-state index contributed by atoms with van der Waals surface area (Å²) >= 11 is 1.83. The van der Waals surface area contributed by atoms with Crippen LogP contribution in [0.25, 0.3) is 0 Å². The minimum absolute atomic E-state index is 0.626. The average molecular weight is 265 g/mol. The summed E-state index contributed by atoms with van der Waals surface area (Å²) in [7, 11) is 2.03. The van der Waals surface area contributed by atoms with Crippen molar-refractivity contribution >= 4 is 17.7 Å². The summed E-state index contributed by atoms with van der Waals surface area (Å²) in [6.07, 6.45) is 5.51. The topological polar surface area (TPSA) is 59.4 Å². The Hall–Kier alpha value is -1.17. The van der Waals surface area contributed by atoms with Crippen LogP contribution in [0.15, 0.2) is 16.3 Å². The quantitative estimate of drug-likeness (QED) is 0.650. The first-order valence-corrected chi connectivity index (χ1v) is 7.44. The summed E-state index contributed by atoms with van der Waals surface area (Å²) in [5.74, 6) is 1.82. The third kappa shape index (κ3) is 2.48. The number of aromatic nitrogens is 2. The molecule has 1 aromatic rings. The first-order chi connectivity index (χ1) is 8.74. The molecule has 0 atom stereocenters. The molecular formula is C12H19N5S. The van der Waals surface area contributed by atoms with Crippen molar-refractivity contribution in [2.75, 3.05) is 19.3 Å². The molecule has 2 aliphatic rings. The number of hydrogen-bond acceptors (Lipinski definition) is 3. The van der Waals surface area contributed by atoms with Crippen molar-refractivity contribution < 1.29 is 0 Å². The van der Waals surface area contributed by atoms with Crippen LogP contribution in [0.5, 0.6) is 0 Å². The molecule has 0 unspecified atom stereocenters. The van der Waals surface area contributed by atoms with Crippen LogP contribution in [0.2, 0.25) is 0 Å². The maximum absolute atomic E-state index is 5.94. The van der Waals surface area contributed by atoms with Crippen LogP contribution in [-0.2, 0) is 13.0 Å². The Balaban J connectivity index is 1.52. The minimum atomic E-state index is 0.626. The van der Waals surface area contributed by atoms with Crippen molar-refractivity contribution in [3.63, 3.8) is 0 Å². The van der Waals surface area contributed by atoms with E-state index in [0.717, 1.165) is 36.1 Å². The number of nitrogens with zero attached hydrogens (tertiary/aromatic N) is 4. The van der Waals surface area contributed by atoms with Gasteiger partial charge in [0.2, 0.25) is 0 Å². The first-order valence-electron chi connectivity index (χ1n) is 6.45. The molecule has 1 aliphatic carbocycles. The maximum Gasteiger partial charge on any atom is 0.191 e. The summed E-state index contributed by atoms with van der Waals surface area (Å²) < 4.78 is 2.23. The van der Waals surface area contributed by atoms with Gasteiger partial charge >= 0.3 is 0 Å². The molecule has 98 valence electrons. The van der Waals surface area contributed by atoms with Crippen LogP contribution in [0.1, 0.15) is 18.5 Å². The van der Waals surface area contributed by atoms with Crippen molar-refractivity contribution in [3.05, 3.63) is 11.9 Å². The summed E-state index contributed by atoms with van der Waals surface area (Å²) in [5.41, 5.74) is 7.07. The normalized spacial score (nSPS) is 19.1. The SMILES string of the molecule is CN(C(N)=NCCc1cn2c(n1)SCC2)C1CC1. The molecular weight excluding hydrogens is 246 g/mol. The van der Waals surface area contributed by atoms with Gasteiger partial charge in [-0.2, -0.15) is 0 Å². The third-order valence-corrected chi connectivity index (χ3v) is 4.42. The van der Waals surface area contributed by atoms with E-state index in [4.69, 9.17) is 5.73 Å². The Morgan fingerprint density at radius 3 is 3.22 bits per heavy atom. The monoisotopic (exact) mass is 265 g/mol. The van der Waals surface area contributed by atoms with Gasteiger partial charge in [-0.05, 0) is 12.8 Å². The number of imidazole rings is 1. The summed E-state index contributed by atoms with van der Waals surface area (Å²) in [4.78, 5) is 11.1. The number of fused-ring (bicyclic) bond motifs is 1. The van der Waals surface area contributed by atoms with E-state index < -0.39 is 0 Å². The van der Waals surface area contributed by atoms with Crippen molar-refractivity contribution in [2.24, 2.45) is 10.7 Å². The standard InChI is InChI=1S/C12H19N5S/c1-16(10-2-3-10)11(13)14-5-4-9-8-17-6-7-18-12(17)15-9/h8,10H,2-7H2,1H3,(H2,13,14). The maximum atomic E-state index is 5.94. The number of aryl methyl sites for hydroxylation is 1. The minimum Gasteiger partial charge on any atom is -0.370 e. The molecule has 5 nitrogen and oxygen atoms in total. The lowest BCUT2D eigenvalue weighted by molar-refractivity contribution is 0.487. The highest BCUT2D eigenvalue weighted by Gasteiger charge is 2.27. The number of hydrogen-bond donors (Lipinski definition) is 1. The van der Waals surface area contributed by atoms with E-state index in [1.165, 1.54) is 12.8 Å². The van der Waals surface area contributed by atoms with Gasteiger partial charge in [0.1, 0.15) is 0 Å². The van der Waals surface area contributed by atoms with Gasteiger partial charge in [-0.3, -0.25) is 4.99 Å². The summed E-state index contributed by atoms with van der Waals surface area (Å²) in [5, 5.41) is 1.15.